The molecule has 0 saturated carbocycles. The van der Waals surface area contributed by atoms with Crippen molar-refractivity contribution in [1.82, 2.24) is 0 Å². The smallest absolute Gasteiger partial charge is 0.330 e. The maximum atomic E-state index is 12.6. The summed E-state index contributed by atoms with van der Waals surface area (Å²) in [4.78, 5) is 24.0. The lowest BCUT2D eigenvalue weighted by Gasteiger charge is -2.36. The molecule has 0 aliphatic carbocycles. The minimum Gasteiger partial charge on any atom is -0.463 e. The lowest BCUT2D eigenvalue weighted by Crippen LogP contribution is -2.41. The Kier molecular flexibility index (Phi) is 8.44. The molecule has 4 nitrogen and oxygen atoms in total. The van der Waals surface area contributed by atoms with Crippen LogP contribution in [-0.2, 0) is 14.0 Å². The van der Waals surface area contributed by atoms with Gasteiger partial charge in [-0.1, -0.05) is 45.0 Å². The standard InChI is InChI=1S/C21H32O4Si/c1-7-24-20(23)15-14-17-11-8-9-12-18(17)19(22)13-10-16-25-26(5,6)21(2,3)4/h8-9,11-12,14-15H,7,10,13,16H2,1-6H3/b15-14+. The molecule has 0 saturated heterocycles. The number of Topliss-reactive ketones (excluding diaryl/α,β-unsaturated/α-hetero) is 1. The molecule has 0 N–H and O–H groups in total. The van der Waals surface area contributed by atoms with Gasteiger partial charge in [-0.15, -0.1) is 0 Å². The molecule has 0 radical (unpaired) electrons. The normalized spacial score (nSPS) is 12.4. The molecule has 0 amide bonds. The van der Waals surface area contributed by atoms with Crippen LogP contribution in [0.3, 0.4) is 0 Å². The van der Waals surface area contributed by atoms with Crippen molar-refractivity contribution in [2.75, 3.05) is 13.2 Å². The summed E-state index contributed by atoms with van der Waals surface area (Å²) in [5, 5.41) is 0.168. The Balaban J connectivity index is 2.64. The number of ketones is 1. The molecule has 0 fully saturated rings. The van der Waals surface area contributed by atoms with E-state index in [4.69, 9.17) is 9.16 Å². The van der Waals surface area contributed by atoms with Crippen LogP contribution in [0.2, 0.25) is 18.1 Å². The highest BCUT2D eigenvalue weighted by atomic mass is 28.4. The third-order valence-electron chi connectivity index (χ3n) is 4.76. The van der Waals surface area contributed by atoms with Gasteiger partial charge in [0.15, 0.2) is 14.1 Å². The summed E-state index contributed by atoms with van der Waals surface area (Å²) in [5.41, 5.74) is 1.36. The Hall–Kier alpha value is -1.72. The first-order valence-corrected chi connectivity index (χ1v) is 12.1. The van der Waals surface area contributed by atoms with Gasteiger partial charge in [-0.3, -0.25) is 4.79 Å². The Morgan fingerprint density at radius 1 is 1.15 bits per heavy atom. The Bertz CT molecular complexity index is 642. The summed E-state index contributed by atoms with van der Waals surface area (Å²) in [6.07, 6.45) is 4.12. The summed E-state index contributed by atoms with van der Waals surface area (Å²) >= 11 is 0. The van der Waals surface area contributed by atoms with Crippen molar-refractivity contribution >= 4 is 26.1 Å². The number of ether oxygens (including phenoxy) is 1. The largest absolute Gasteiger partial charge is 0.463 e. The third kappa shape index (κ3) is 6.88. The Morgan fingerprint density at radius 2 is 1.81 bits per heavy atom. The zero-order chi connectivity index (χ0) is 19.8. The molecule has 0 aromatic heterocycles. The molecule has 5 heteroatoms. The molecule has 0 aliphatic heterocycles. The minimum atomic E-state index is -1.77. The second-order valence-corrected chi connectivity index (χ2v) is 12.6. The van der Waals surface area contributed by atoms with Crippen LogP contribution in [0.1, 0.15) is 56.5 Å². The fourth-order valence-corrected chi connectivity index (χ4v) is 3.24. The molecule has 1 aromatic carbocycles. The van der Waals surface area contributed by atoms with Gasteiger partial charge in [0.1, 0.15) is 0 Å². The van der Waals surface area contributed by atoms with E-state index in [2.05, 4.69) is 33.9 Å². The molecule has 1 rings (SSSR count). The van der Waals surface area contributed by atoms with E-state index in [1.54, 1.807) is 19.1 Å². The first kappa shape index (κ1) is 22.3. The van der Waals surface area contributed by atoms with E-state index in [9.17, 15) is 9.59 Å². The van der Waals surface area contributed by atoms with Gasteiger partial charge in [-0.25, -0.2) is 4.79 Å². The maximum absolute atomic E-state index is 12.6. The predicted molar refractivity (Wildman–Crippen MR) is 109 cm³/mol. The first-order chi connectivity index (χ1) is 12.1. The van der Waals surface area contributed by atoms with Crippen molar-refractivity contribution in [3.05, 3.63) is 41.5 Å². The summed E-state index contributed by atoms with van der Waals surface area (Å²) in [7, 11) is -1.77. The van der Waals surface area contributed by atoms with Gasteiger partial charge in [-0.05, 0) is 43.1 Å². The maximum Gasteiger partial charge on any atom is 0.330 e. The Morgan fingerprint density at radius 3 is 2.42 bits per heavy atom. The van der Waals surface area contributed by atoms with Gasteiger partial charge in [0.2, 0.25) is 0 Å². The van der Waals surface area contributed by atoms with Crippen LogP contribution in [0.5, 0.6) is 0 Å². The molecular weight excluding hydrogens is 344 g/mol. The molecule has 0 heterocycles. The molecule has 0 bridgehead atoms. The van der Waals surface area contributed by atoms with Gasteiger partial charge in [0.05, 0.1) is 6.61 Å². The SMILES string of the molecule is CCOC(=O)/C=C/c1ccccc1C(=O)CCCO[Si](C)(C)C(C)(C)C. The number of benzene rings is 1. The van der Waals surface area contributed by atoms with E-state index in [0.29, 0.717) is 31.6 Å². The van der Waals surface area contributed by atoms with Crippen molar-refractivity contribution < 1.29 is 18.8 Å². The number of carbonyl (C=O) groups is 2. The molecule has 0 atom stereocenters. The van der Waals surface area contributed by atoms with E-state index >= 15 is 0 Å². The Labute approximate surface area is 158 Å². The predicted octanol–water partition coefficient (Wildman–Crippen LogP) is 5.25. The number of hydrogen-bond donors (Lipinski definition) is 0. The number of hydrogen-bond acceptors (Lipinski definition) is 4. The molecule has 26 heavy (non-hydrogen) atoms. The van der Waals surface area contributed by atoms with Crippen molar-refractivity contribution in [3.63, 3.8) is 0 Å². The molecular formula is C21H32O4Si. The summed E-state index contributed by atoms with van der Waals surface area (Å²) in [6.45, 7) is 13.7. The average Bonchev–Trinajstić information content (AvgIpc) is 2.56. The first-order valence-electron chi connectivity index (χ1n) is 9.19. The van der Waals surface area contributed by atoms with E-state index < -0.39 is 14.3 Å². The fourth-order valence-electron chi connectivity index (χ4n) is 2.16. The van der Waals surface area contributed by atoms with Crippen molar-refractivity contribution in [3.8, 4) is 0 Å². The average molecular weight is 377 g/mol. The van der Waals surface area contributed by atoms with Crippen LogP contribution in [0.25, 0.3) is 6.08 Å². The van der Waals surface area contributed by atoms with E-state index in [0.717, 1.165) is 5.56 Å². The number of carbonyl (C=O) groups excluding carboxylic acids is 2. The van der Waals surface area contributed by atoms with Crippen LogP contribution < -0.4 is 0 Å². The third-order valence-corrected chi connectivity index (χ3v) is 9.30. The number of rotatable bonds is 9. The monoisotopic (exact) mass is 376 g/mol. The van der Waals surface area contributed by atoms with Crippen LogP contribution >= 0.6 is 0 Å². The summed E-state index contributed by atoms with van der Waals surface area (Å²) in [5.74, 6) is -0.342. The fraction of sp³-hybridized carbons (Fsp3) is 0.524. The van der Waals surface area contributed by atoms with Crippen LogP contribution in [0, 0.1) is 0 Å². The van der Waals surface area contributed by atoms with E-state index in [-0.39, 0.29) is 10.8 Å². The zero-order valence-electron chi connectivity index (χ0n) is 16.9. The summed E-state index contributed by atoms with van der Waals surface area (Å²) in [6, 6.07) is 7.31. The lowest BCUT2D eigenvalue weighted by molar-refractivity contribution is -0.137. The highest BCUT2D eigenvalue weighted by Gasteiger charge is 2.36. The zero-order valence-corrected chi connectivity index (χ0v) is 17.9. The molecule has 0 unspecified atom stereocenters. The molecule has 144 valence electrons. The molecule has 1 aromatic rings. The van der Waals surface area contributed by atoms with Crippen LogP contribution in [0.15, 0.2) is 30.3 Å². The van der Waals surface area contributed by atoms with Gasteiger partial charge >= 0.3 is 5.97 Å². The second kappa shape index (κ2) is 9.83. The molecule has 0 aliphatic rings. The van der Waals surface area contributed by atoms with Crippen molar-refractivity contribution in [1.29, 1.82) is 0 Å². The van der Waals surface area contributed by atoms with Gasteiger partial charge in [0.25, 0.3) is 0 Å². The lowest BCUT2D eigenvalue weighted by atomic mass is 10.0. The number of esters is 1. The van der Waals surface area contributed by atoms with Crippen molar-refractivity contribution in [2.24, 2.45) is 0 Å². The van der Waals surface area contributed by atoms with Gasteiger partial charge in [0, 0.05) is 24.7 Å². The highest BCUT2D eigenvalue weighted by molar-refractivity contribution is 6.74. The highest BCUT2D eigenvalue weighted by Crippen LogP contribution is 2.36. The topological polar surface area (TPSA) is 52.6 Å². The van der Waals surface area contributed by atoms with E-state index in [1.807, 2.05) is 18.2 Å². The van der Waals surface area contributed by atoms with E-state index in [1.165, 1.54) is 6.08 Å². The minimum absolute atomic E-state index is 0.0629. The second-order valence-electron chi connectivity index (χ2n) is 7.81. The van der Waals surface area contributed by atoms with Crippen molar-refractivity contribution in [2.45, 2.75) is 58.7 Å². The van der Waals surface area contributed by atoms with Crippen LogP contribution in [0.4, 0.5) is 0 Å². The summed E-state index contributed by atoms with van der Waals surface area (Å²) < 4.78 is 11.0. The van der Waals surface area contributed by atoms with Gasteiger partial charge in [-0.2, -0.15) is 0 Å². The molecule has 0 spiro atoms. The quantitative estimate of drug-likeness (QED) is 0.194. The van der Waals surface area contributed by atoms with Crippen LogP contribution in [-0.4, -0.2) is 33.3 Å². The van der Waals surface area contributed by atoms with Gasteiger partial charge < -0.3 is 9.16 Å².